The number of halogens is 1. The first kappa shape index (κ1) is 19.1. The number of nitrogens with zero attached hydrogens (tertiary/aromatic N) is 4. The molecule has 1 N–H and O–H groups in total. The van der Waals surface area contributed by atoms with Gasteiger partial charge in [-0.25, -0.2) is 9.37 Å². The van der Waals surface area contributed by atoms with Crippen LogP contribution in [-0.4, -0.2) is 45.7 Å². The van der Waals surface area contributed by atoms with Crippen molar-refractivity contribution in [2.45, 2.75) is 19.6 Å². The highest BCUT2D eigenvalue weighted by Crippen LogP contribution is 2.33. The Hall–Kier alpha value is -2.22. The molecule has 0 radical (unpaired) electrons. The zero-order valence-electron chi connectivity index (χ0n) is 16.2. The largest absolute Gasteiger partial charge is 0.380 e. The maximum Gasteiger partial charge on any atom is 0.146 e. The van der Waals surface area contributed by atoms with Crippen molar-refractivity contribution >= 4 is 17.0 Å². The Bertz CT molecular complexity index is 946. The molecule has 7 heteroatoms. The molecule has 4 rings (SSSR count). The Morgan fingerprint density at radius 1 is 1.18 bits per heavy atom. The van der Waals surface area contributed by atoms with Crippen LogP contribution in [0.4, 0.5) is 10.1 Å². The number of aliphatic hydroxyl groups is 1. The number of rotatable bonds is 5. The first-order valence-electron chi connectivity index (χ1n) is 9.49. The fourth-order valence-electron chi connectivity index (χ4n) is 3.79. The number of para-hydroxylation sites is 1. The molecular weight excluding hydrogens is 375 g/mol. The second kappa shape index (κ2) is 8.03. The summed E-state index contributed by atoms with van der Waals surface area (Å²) in [5, 5.41) is 10.9. The zero-order valence-corrected chi connectivity index (χ0v) is 17.0. The van der Waals surface area contributed by atoms with Gasteiger partial charge in [-0.1, -0.05) is 12.1 Å². The van der Waals surface area contributed by atoms with Gasteiger partial charge in [0, 0.05) is 67.5 Å². The van der Waals surface area contributed by atoms with Gasteiger partial charge in [0.2, 0.25) is 0 Å². The fraction of sp³-hybridized carbons (Fsp3) is 0.381. The van der Waals surface area contributed by atoms with E-state index in [1.54, 1.807) is 29.1 Å². The van der Waals surface area contributed by atoms with E-state index in [0.717, 1.165) is 32.7 Å². The van der Waals surface area contributed by atoms with Gasteiger partial charge in [-0.2, -0.15) is 0 Å². The highest BCUT2D eigenvalue weighted by molar-refractivity contribution is 7.11. The summed E-state index contributed by atoms with van der Waals surface area (Å²) in [6.45, 7) is 6.24. The van der Waals surface area contributed by atoms with Crippen molar-refractivity contribution in [1.29, 1.82) is 0 Å². The van der Waals surface area contributed by atoms with Crippen molar-refractivity contribution in [2.24, 2.45) is 7.05 Å². The number of aryl methyl sites for hydroxylation is 2. The van der Waals surface area contributed by atoms with Crippen molar-refractivity contribution in [1.82, 2.24) is 14.5 Å². The van der Waals surface area contributed by atoms with E-state index in [-0.39, 0.29) is 5.82 Å². The molecule has 0 spiro atoms. The van der Waals surface area contributed by atoms with E-state index in [1.807, 2.05) is 23.3 Å². The molecule has 1 aliphatic rings. The topological polar surface area (TPSA) is 44.5 Å². The van der Waals surface area contributed by atoms with Crippen LogP contribution in [0.1, 0.15) is 27.2 Å². The molecule has 0 bridgehead atoms. The number of hydrogen-bond acceptors (Lipinski definition) is 5. The van der Waals surface area contributed by atoms with Crippen LogP contribution in [0.15, 0.2) is 42.7 Å². The lowest BCUT2D eigenvalue weighted by atomic mass is 10.0. The van der Waals surface area contributed by atoms with Crippen LogP contribution in [-0.2, 0) is 13.6 Å². The summed E-state index contributed by atoms with van der Waals surface area (Å²) in [4.78, 5) is 11.4. The van der Waals surface area contributed by atoms with Crippen molar-refractivity contribution in [3.63, 3.8) is 0 Å². The first-order valence-corrected chi connectivity index (χ1v) is 10.3. The monoisotopic (exact) mass is 400 g/mol. The quantitative estimate of drug-likeness (QED) is 0.714. The van der Waals surface area contributed by atoms with Gasteiger partial charge < -0.3 is 14.6 Å². The summed E-state index contributed by atoms with van der Waals surface area (Å²) in [5.74, 6) is 0.214. The van der Waals surface area contributed by atoms with Gasteiger partial charge in [0.1, 0.15) is 17.7 Å². The zero-order chi connectivity index (χ0) is 19.7. The highest BCUT2D eigenvalue weighted by atomic mass is 32.1. The molecule has 1 aromatic carbocycles. The second-order valence-corrected chi connectivity index (χ2v) is 8.62. The van der Waals surface area contributed by atoms with Crippen molar-refractivity contribution in [2.75, 3.05) is 31.1 Å². The first-order chi connectivity index (χ1) is 13.5. The molecule has 0 aliphatic carbocycles. The summed E-state index contributed by atoms with van der Waals surface area (Å²) in [6, 6.07) is 9.24. The van der Waals surface area contributed by atoms with Gasteiger partial charge in [-0.15, -0.1) is 11.3 Å². The molecule has 0 amide bonds. The Morgan fingerprint density at radius 2 is 1.96 bits per heavy atom. The van der Waals surface area contributed by atoms with Crippen LogP contribution in [0.2, 0.25) is 0 Å². The molecule has 28 heavy (non-hydrogen) atoms. The Balaban J connectivity index is 1.51. The van der Waals surface area contributed by atoms with E-state index in [2.05, 4.69) is 28.9 Å². The van der Waals surface area contributed by atoms with Gasteiger partial charge in [0.25, 0.3) is 0 Å². The van der Waals surface area contributed by atoms with Gasteiger partial charge >= 0.3 is 0 Å². The lowest BCUT2D eigenvalue weighted by molar-refractivity contribution is 0.205. The standard InChI is InChI=1S/C21H25FN4OS/c1-15-6-7-16(28-15)14-25-10-12-26(13-11-25)19-17(4-3-5-18(19)22)20(27)21-23-8-9-24(21)2/h3-9,20,27H,10-14H2,1-2H3. The number of imidazole rings is 1. The van der Waals surface area contributed by atoms with Crippen LogP contribution in [0.25, 0.3) is 0 Å². The van der Waals surface area contributed by atoms with Crippen molar-refractivity contribution in [3.8, 4) is 0 Å². The molecule has 1 unspecified atom stereocenters. The van der Waals surface area contributed by atoms with Crippen molar-refractivity contribution < 1.29 is 9.50 Å². The predicted octanol–water partition coefficient (Wildman–Crippen LogP) is 3.33. The minimum atomic E-state index is -0.960. The summed E-state index contributed by atoms with van der Waals surface area (Å²) >= 11 is 1.83. The van der Waals surface area contributed by atoms with E-state index in [0.29, 0.717) is 17.1 Å². The lowest BCUT2D eigenvalue weighted by Crippen LogP contribution is -2.46. The number of piperazine rings is 1. The van der Waals surface area contributed by atoms with Crippen LogP contribution >= 0.6 is 11.3 Å². The molecule has 148 valence electrons. The van der Waals surface area contributed by atoms with Crippen LogP contribution < -0.4 is 4.90 Å². The second-order valence-electron chi connectivity index (χ2n) is 7.25. The summed E-state index contributed by atoms with van der Waals surface area (Å²) < 4.78 is 16.6. The average Bonchev–Trinajstić information content (AvgIpc) is 3.30. The maximum absolute atomic E-state index is 14.8. The van der Waals surface area contributed by atoms with Gasteiger partial charge in [-0.3, -0.25) is 4.90 Å². The van der Waals surface area contributed by atoms with Gasteiger partial charge in [0.15, 0.2) is 0 Å². The SMILES string of the molecule is Cc1ccc(CN2CCN(c3c(F)cccc3C(O)c3nccn3C)CC2)s1. The molecule has 5 nitrogen and oxygen atoms in total. The van der Waals surface area contributed by atoms with Crippen LogP contribution in [0.3, 0.4) is 0 Å². The number of aliphatic hydroxyl groups excluding tert-OH is 1. The number of benzene rings is 1. The van der Waals surface area contributed by atoms with E-state index in [9.17, 15) is 9.50 Å². The number of anilines is 1. The molecule has 1 fully saturated rings. The van der Waals surface area contributed by atoms with E-state index >= 15 is 0 Å². The fourth-order valence-corrected chi connectivity index (χ4v) is 4.72. The predicted molar refractivity (Wildman–Crippen MR) is 110 cm³/mol. The smallest absolute Gasteiger partial charge is 0.146 e. The molecule has 3 heterocycles. The Kier molecular flexibility index (Phi) is 5.48. The summed E-state index contributed by atoms with van der Waals surface area (Å²) in [6.07, 6.45) is 2.46. The lowest BCUT2D eigenvalue weighted by Gasteiger charge is -2.37. The Labute approximate surface area is 168 Å². The van der Waals surface area contributed by atoms with Gasteiger partial charge in [0.05, 0.1) is 5.69 Å². The third-order valence-electron chi connectivity index (χ3n) is 5.28. The highest BCUT2D eigenvalue weighted by Gasteiger charge is 2.26. The molecule has 1 atom stereocenters. The number of aromatic nitrogens is 2. The third-order valence-corrected chi connectivity index (χ3v) is 6.27. The Morgan fingerprint density at radius 3 is 2.61 bits per heavy atom. The molecule has 0 saturated carbocycles. The third kappa shape index (κ3) is 3.83. The molecule has 1 aliphatic heterocycles. The van der Waals surface area contributed by atoms with Crippen molar-refractivity contribution in [3.05, 3.63) is 69.7 Å². The number of hydrogen-bond donors (Lipinski definition) is 1. The number of thiophene rings is 1. The average molecular weight is 401 g/mol. The van der Waals surface area contributed by atoms with Crippen LogP contribution in [0, 0.1) is 12.7 Å². The van der Waals surface area contributed by atoms with Gasteiger partial charge in [-0.05, 0) is 25.1 Å². The normalized spacial score (nSPS) is 16.5. The van der Waals surface area contributed by atoms with Crippen LogP contribution in [0.5, 0.6) is 0 Å². The molecule has 1 saturated heterocycles. The molecular formula is C21H25FN4OS. The molecule has 3 aromatic rings. The summed E-state index contributed by atoms with van der Waals surface area (Å²) in [7, 11) is 1.83. The minimum Gasteiger partial charge on any atom is -0.380 e. The summed E-state index contributed by atoms with van der Waals surface area (Å²) in [5.41, 5.74) is 1.06. The molecule has 2 aromatic heterocycles. The van der Waals surface area contributed by atoms with E-state index in [1.165, 1.54) is 15.8 Å². The van der Waals surface area contributed by atoms with E-state index in [4.69, 9.17) is 0 Å². The minimum absolute atomic E-state index is 0.298. The van der Waals surface area contributed by atoms with E-state index < -0.39 is 6.10 Å². The maximum atomic E-state index is 14.8.